The quantitative estimate of drug-likeness (QED) is 0.846. The molecule has 5 nitrogen and oxygen atoms in total. The topological polar surface area (TPSA) is 75.6 Å². The standard InChI is InChI=1S/C17H25NO4/c1-6-12-7-8-14(13(9-12)17(3,4)5)22-10-15(19)18-11(2)16(20)21/h7-9,11H,6,10H2,1-5H3,(H,18,19)(H,20,21). The average molecular weight is 307 g/mol. The van der Waals surface area contributed by atoms with Crippen molar-refractivity contribution in [3.63, 3.8) is 0 Å². The van der Waals surface area contributed by atoms with E-state index in [0.717, 1.165) is 12.0 Å². The lowest BCUT2D eigenvalue weighted by atomic mass is 9.85. The number of aryl methyl sites for hydroxylation is 1. The highest BCUT2D eigenvalue weighted by Gasteiger charge is 2.20. The molecule has 1 unspecified atom stereocenters. The Balaban J connectivity index is 2.81. The molecule has 1 aromatic carbocycles. The summed E-state index contributed by atoms with van der Waals surface area (Å²) >= 11 is 0. The molecule has 0 aliphatic rings. The van der Waals surface area contributed by atoms with Gasteiger partial charge in [-0.3, -0.25) is 9.59 Å². The van der Waals surface area contributed by atoms with Crippen LogP contribution in [-0.2, 0) is 21.4 Å². The SMILES string of the molecule is CCc1ccc(OCC(=O)NC(C)C(=O)O)c(C(C)(C)C)c1. The summed E-state index contributed by atoms with van der Waals surface area (Å²) in [7, 11) is 0. The molecule has 0 aromatic heterocycles. The van der Waals surface area contributed by atoms with Gasteiger partial charge in [0.15, 0.2) is 6.61 Å². The maximum Gasteiger partial charge on any atom is 0.325 e. The second kappa shape index (κ2) is 7.29. The third-order valence-electron chi connectivity index (χ3n) is 3.37. The number of carboxylic acid groups (broad SMARTS) is 1. The van der Waals surface area contributed by atoms with Crippen LogP contribution in [0.1, 0.15) is 45.7 Å². The average Bonchev–Trinajstić information content (AvgIpc) is 2.43. The smallest absolute Gasteiger partial charge is 0.325 e. The van der Waals surface area contributed by atoms with Crippen LogP contribution in [0.15, 0.2) is 18.2 Å². The van der Waals surface area contributed by atoms with Gasteiger partial charge in [0, 0.05) is 0 Å². The third kappa shape index (κ3) is 5.06. The summed E-state index contributed by atoms with van der Waals surface area (Å²) in [6.07, 6.45) is 0.931. The first kappa shape index (κ1) is 18.0. The molecular formula is C17H25NO4. The Bertz CT molecular complexity index is 546. The molecule has 0 aliphatic heterocycles. The van der Waals surface area contributed by atoms with Crippen LogP contribution in [0.2, 0.25) is 0 Å². The summed E-state index contributed by atoms with van der Waals surface area (Å²) < 4.78 is 5.60. The summed E-state index contributed by atoms with van der Waals surface area (Å²) in [6.45, 7) is 9.55. The largest absolute Gasteiger partial charge is 0.483 e. The minimum atomic E-state index is -1.07. The van der Waals surface area contributed by atoms with E-state index in [4.69, 9.17) is 9.84 Å². The van der Waals surface area contributed by atoms with Gasteiger partial charge in [0.1, 0.15) is 11.8 Å². The predicted molar refractivity (Wildman–Crippen MR) is 85.3 cm³/mol. The second-order valence-electron chi connectivity index (χ2n) is 6.35. The van der Waals surface area contributed by atoms with Crippen molar-refractivity contribution in [2.75, 3.05) is 6.61 Å². The van der Waals surface area contributed by atoms with Gasteiger partial charge in [-0.05, 0) is 36.0 Å². The highest BCUT2D eigenvalue weighted by Crippen LogP contribution is 2.32. The molecule has 1 amide bonds. The number of benzene rings is 1. The summed E-state index contributed by atoms with van der Waals surface area (Å²) in [5.41, 5.74) is 2.14. The number of aliphatic carboxylic acids is 1. The molecule has 22 heavy (non-hydrogen) atoms. The van der Waals surface area contributed by atoms with Crippen LogP contribution in [-0.4, -0.2) is 29.6 Å². The van der Waals surface area contributed by atoms with E-state index < -0.39 is 17.9 Å². The number of hydrogen-bond donors (Lipinski definition) is 2. The zero-order valence-corrected chi connectivity index (χ0v) is 13.9. The van der Waals surface area contributed by atoms with Gasteiger partial charge in [-0.15, -0.1) is 0 Å². The Morgan fingerprint density at radius 3 is 2.45 bits per heavy atom. The molecule has 0 saturated heterocycles. The van der Waals surface area contributed by atoms with E-state index in [2.05, 4.69) is 39.1 Å². The normalized spacial score (nSPS) is 12.6. The van der Waals surface area contributed by atoms with Crippen LogP contribution < -0.4 is 10.1 Å². The molecule has 0 bridgehead atoms. The lowest BCUT2D eigenvalue weighted by Gasteiger charge is -2.23. The Kier molecular flexibility index (Phi) is 5.97. The predicted octanol–water partition coefficient (Wildman–Crippen LogP) is 2.51. The number of carboxylic acids is 1. The Morgan fingerprint density at radius 2 is 1.95 bits per heavy atom. The molecule has 1 aromatic rings. The second-order valence-corrected chi connectivity index (χ2v) is 6.35. The number of amides is 1. The van der Waals surface area contributed by atoms with Crippen molar-refractivity contribution in [3.05, 3.63) is 29.3 Å². The Morgan fingerprint density at radius 1 is 1.32 bits per heavy atom. The fraction of sp³-hybridized carbons (Fsp3) is 0.529. The molecule has 2 N–H and O–H groups in total. The highest BCUT2D eigenvalue weighted by molar-refractivity contribution is 5.84. The van der Waals surface area contributed by atoms with Crippen molar-refractivity contribution in [2.24, 2.45) is 0 Å². The fourth-order valence-corrected chi connectivity index (χ4v) is 2.00. The molecule has 1 rings (SSSR count). The summed E-state index contributed by atoms with van der Waals surface area (Å²) in [6, 6.07) is 5.00. The molecule has 0 fully saturated rings. The van der Waals surface area contributed by atoms with Crippen LogP contribution >= 0.6 is 0 Å². The number of nitrogens with one attached hydrogen (secondary N) is 1. The van der Waals surface area contributed by atoms with E-state index in [1.165, 1.54) is 12.5 Å². The first-order valence-electron chi connectivity index (χ1n) is 7.43. The minimum Gasteiger partial charge on any atom is -0.483 e. The van der Waals surface area contributed by atoms with E-state index >= 15 is 0 Å². The lowest BCUT2D eigenvalue weighted by molar-refractivity contribution is -0.141. The summed E-state index contributed by atoms with van der Waals surface area (Å²) in [4.78, 5) is 22.4. The summed E-state index contributed by atoms with van der Waals surface area (Å²) in [5.74, 6) is -0.867. The molecular weight excluding hydrogens is 282 g/mol. The van der Waals surface area contributed by atoms with E-state index in [1.807, 2.05) is 12.1 Å². The van der Waals surface area contributed by atoms with Crippen LogP contribution in [0.3, 0.4) is 0 Å². The molecule has 0 heterocycles. The number of carbonyl (C=O) groups is 2. The van der Waals surface area contributed by atoms with Crippen molar-refractivity contribution in [3.8, 4) is 5.75 Å². The minimum absolute atomic E-state index is 0.106. The van der Waals surface area contributed by atoms with E-state index in [0.29, 0.717) is 5.75 Å². The van der Waals surface area contributed by atoms with Gasteiger partial charge in [0.2, 0.25) is 0 Å². The summed E-state index contributed by atoms with van der Waals surface area (Å²) in [5, 5.41) is 11.1. The molecule has 0 spiro atoms. The molecule has 122 valence electrons. The number of rotatable bonds is 6. The third-order valence-corrected chi connectivity index (χ3v) is 3.37. The first-order valence-corrected chi connectivity index (χ1v) is 7.43. The highest BCUT2D eigenvalue weighted by atomic mass is 16.5. The van der Waals surface area contributed by atoms with Crippen LogP contribution in [0, 0.1) is 0 Å². The number of carbonyl (C=O) groups excluding carboxylic acids is 1. The van der Waals surface area contributed by atoms with E-state index in [9.17, 15) is 9.59 Å². The van der Waals surface area contributed by atoms with Gasteiger partial charge in [-0.25, -0.2) is 0 Å². The zero-order valence-electron chi connectivity index (χ0n) is 13.9. The van der Waals surface area contributed by atoms with Gasteiger partial charge in [0.05, 0.1) is 0 Å². The first-order chi connectivity index (χ1) is 10.1. The van der Waals surface area contributed by atoms with Gasteiger partial charge >= 0.3 is 5.97 Å². The monoisotopic (exact) mass is 307 g/mol. The van der Waals surface area contributed by atoms with Crippen molar-refractivity contribution >= 4 is 11.9 Å². The maximum atomic E-state index is 11.7. The Labute approximate surface area is 131 Å². The van der Waals surface area contributed by atoms with Crippen LogP contribution in [0.25, 0.3) is 0 Å². The van der Waals surface area contributed by atoms with Crippen molar-refractivity contribution in [1.29, 1.82) is 0 Å². The zero-order chi connectivity index (χ0) is 16.9. The molecule has 1 atom stereocenters. The van der Waals surface area contributed by atoms with Gasteiger partial charge < -0.3 is 15.2 Å². The van der Waals surface area contributed by atoms with Crippen molar-refractivity contribution in [1.82, 2.24) is 5.32 Å². The van der Waals surface area contributed by atoms with Crippen LogP contribution in [0.4, 0.5) is 0 Å². The van der Waals surface area contributed by atoms with Gasteiger partial charge in [-0.1, -0.05) is 39.8 Å². The Hall–Kier alpha value is -2.04. The molecule has 5 heteroatoms. The van der Waals surface area contributed by atoms with Crippen molar-refractivity contribution < 1.29 is 19.4 Å². The maximum absolute atomic E-state index is 11.7. The van der Waals surface area contributed by atoms with E-state index in [-0.39, 0.29) is 12.0 Å². The van der Waals surface area contributed by atoms with Crippen molar-refractivity contribution in [2.45, 2.75) is 52.5 Å². The number of hydrogen-bond acceptors (Lipinski definition) is 3. The lowest BCUT2D eigenvalue weighted by Crippen LogP contribution is -2.40. The van der Waals surface area contributed by atoms with Gasteiger partial charge in [0.25, 0.3) is 5.91 Å². The molecule has 0 radical (unpaired) electrons. The fourth-order valence-electron chi connectivity index (χ4n) is 2.00. The number of ether oxygens (including phenoxy) is 1. The van der Waals surface area contributed by atoms with Gasteiger partial charge in [-0.2, -0.15) is 0 Å². The van der Waals surface area contributed by atoms with E-state index in [1.54, 1.807) is 0 Å². The molecule has 0 saturated carbocycles. The van der Waals surface area contributed by atoms with Crippen LogP contribution in [0.5, 0.6) is 5.75 Å². The molecule has 0 aliphatic carbocycles.